The highest BCUT2D eigenvalue weighted by Crippen LogP contribution is 2.13. The molecule has 1 rings (SSSR count). The molecule has 1 aromatic heterocycles. The number of aliphatic hydroxyl groups excluding tert-OH is 2. The highest BCUT2D eigenvalue weighted by atomic mass is 16.3. The fourth-order valence-electron chi connectivity index (χ4n) is 0.781. The molecule has 0 fully saturated rings. The maximum atomic E-state index is 10.5. The number of nitrogens with zero attached hydrogens (tertiary/aromatic N) is 2. The highest BCUT2D eigenvalue weighted by molar-refractivity contribution is 5.79. The lowest BCUT2D eigenvalue weighted by Gasteiger charge is -2.12. The summed E-state index contributed by atoms with van der Waals surface area (Å²) in [6, 6.07) is 0. The molecule has 0 aliphatic rings. The van der Waals surface area contributed by atoms with Crippen LogP contribution < -0.4 is 5.73 Å². The minimum Gasteiger partial charge on any atom is -0.505 e. The summed E-state index contributed by atoms with van der Waals surface area (Å²) in [5.41, 5.74) is 4.75. The molecule has 0 bridgehead atoms. The Morgan fingerprint density at radius 1 is 1.36 bits per heavy atom. The Morgan fingerprint density at radius 3 is 2.29 bits per heavy atom. The molecule has 0 aromatic carbocycles. The van der Waals surface area contributed by atoms with Crippen molar-refractivity contribution in [3.63, 3.8) is 0 Å². The van der Waals surface area contributed by atoms with Crippen molar-refractivity contribution in [2.24, 2.45) is 5.73 Å². The molecular formula is C7H9N3O4. The lowest BCUT2D eigenvalue weighted by molar-refractivity contribution is -0.132. The van der Waals surface area contributed by atoms with E-state index in [-0.39, 0.29) is 11.6 Å². The molecule has 0 saturated heterocycles. The van der Waals surface area contributed by atoms with E-state index in [0.717, 1.165) is 12.4 Å². The van der Waals surface area contributed by atoms with Crippen LogP contribution in [0.15, 0.2) is 12.4 Å². The largest absolute Gasteiger partial charge is 0.505 e. The van der Waals surface area contributed by atoms with Crippen LogP contribution in [-0.2, 0) is 4.79 Å². The Bertz CT molecular complexity index is 326. The summed E-state index contributed by atoms with van der Waals surface area (Å²) >= 11 is 0. The molecule has 0 aliphatic heterocycles. The zero-order valence-corrected chi connectivity index (χ0v) is 7.03. The third-order valence-electron chi connectivity index (χ3n) is 1.51. The van der Waals surface area contributed by atoms with Gasteiger partial charge < -0.3 is 21.1 Å². The molecule has 2 atom stereocenters. The van der Waals surface area contributed by atoms with Crippen molar-refractivity contribution < 1.29 is 20.1 Å². The average molecular weight is 199 g/mol. The summed E-state index contributed by atoms with van der Waals surface area (Å²) in [4.78, 5) is 17.5. The molecule has 2 unspecified atom stereocenters. The molecular weight excluding hydrogens is 190 g/mol. The van der Waals surface area contributed by atoms with E-state index in [0.29, 0.717) is 0 Å². The second-order valence-corrected chi connectivity index (χ2v) is 2.59. The van der Waals surface area contributed by atoms with E-state index in [1.165, 1.54) is 0 Å². The molecule has 5 N–H and O–H groups in total. The third kappa shape index (κ3) is 2.15. The first-order chi connectivity index (χ1) is 6.52. The van der Waals surface area contributed by atoms with Crippen molar-refractivity contribution in [2.75, 3.05) is 0 Å². The van der Waals surface area contributed by atoms with E-state index in [9.17, 15) is 9.90 Å². The second kappa shape index (κ2) is 3.99. The third-order valence-corrected chi connectivity index (χ3v) is 1.51. The number of hydrogen-bond donors (Lipinski definition) is 4. The number of aliphatic hydroxyl groups is 2. The number of aromatic nitrogens is 2. The Hall–Kier alpha value is -1.73. The molecule has 0 spiro atoms. The number of nitrogens with two attached hydrogens (primary N) is 1. The molecule has 1 heterocycles. The first-order valence-corrected chi connectivity index (χ1v) is 3.68. The SMILES string of the molecule is NC(=O)C(O)C(O)c1ncc(O)cn1. The number of primary amides is 1. The summed E-state index contributed by atoms with van der Waals surface area (Å²) < 4.78 is 0. The second-order valence-electron chi connectivity index (χ2n) is 2.59. The molecule has 1 amide bonds. The van der Waals surface area contributed by atoms with Gasteiger partial charge in [0.05, 0.1) is 12.4 Å². The van der Waals surface area contributed by atoms with Gasteiger partial charge in [-0.15, -0.1) is 0 Å². The van der Waals surface area contributed by atoms with Gasteiger partial charge in [0.15, 0.2) is 17.7 Å². The molecule has 7 heteroatoms. The van der Waals surface area contributed by atoms with Gasteiger partial charge in [0, 0.05) is 0 Å². The normalized spacial score (nSPS) is 14.7. The molecule has 7 nitrogen and oxygen atoms in total. The molecule has 0 saturated carbocycles. The van der Waals surface area contributed by atoms with E-state index in [1.54, 1.807) is 0 Å². The lowest BCUT2D eigenvalue weighted by Crippen LogP contribution is -2.34. The zero-order valence-electron chi connectivity index (χ0n) is 7.03. The van der Waals surface area contributed by atoms with E-state index in [4.69, 9.17) is 15.9 Å². The molecule has 76 valence electrons. The molecule has 0 radical (unpaired) electrons. The minimum atomic E-state index is -1.76. The van der Waals surface area contributed by atoms with Crippen LogP contribution in [0.3, 0.4) is 0 Å². The Kier molecular flexibility index (Phi) is 2.95. The van der Waals surface area contributed by atoms with Gasteiger partial charge in [-0.1, -0.05) is 0 Å². The lowest BCUT2D eigenvalue weighted by atomic mass is 10.2. The summed E-state index contributed by atoms with van der Waals surface area (Å²) in [6.07, 6.45) is -1.30. The number of aromatic hydroxyl groups is 1. The van der Waals surface area contributed by atoms with Crippen molar-refractivity contribution >= 4 is 5.91 Å². The standard InChI is InChI=1S/C7H9N3O4/c8-6(14)4(12)5(13)7-9-1-3(11)2-10-7/h1-2,4-5,11-13H,(H2,8,14). The fraction of sp³-hybridized carbons (Fsp3) is 0.286. The van der Waals surface area contributed by atoms with Crippen LogP contribution in [0.5, 0.6) is 5.75 Å². The predicted molar refractivity (Wildman–Crippen MR) is 43.9 cm³/mol. The van der Waals surface area contributed by atoms with Gasteiger partial charge in [0.2, 0.25) is 5.91 Å². The van der Waals surface area contributed by atoms with Gasteiger partial charge in [-0.2, -0.15) is 0 Å². The predicted octanol–water partition coefficient (Wildman–Crippen LogP) is -1.94. The molecule has 14 heavy (non-hydrogen) atoms. The van der Waals surface area contributed by atoms with Gasteiger partial charge in [-0.25, -0.2) is 9.97 Å². The summed E-state index contributed by atoms with van der Waals surface area (Å²) in [5.74, 6) is -1.45. The Labute approximate surface area is 78.8 Å². The minimum absolute atomic E-state index is 0.186. The number of amides is 1. The van der Waals surface area contributed by atoms with Crippen LogP contribution in [0, 0.1) is 0 Å². The maximum Gasteiger partial charge on any atom is 0.249 e. The summed E-state index contributed by atoms with van der Waals surface area (Å²) in [5, 5.41) is 27.2. The van der Waals surface area contributed by atoms with Crippen LogP contribution in [0.4, 0.5) is 0 Å². The maximum absolute atomic E-state index is 10.5. The number of hydrogen-bond acceptors (Lipinski definition) is 6. The van der Waals surface area contributed by atoms with E-state index in [2.05, 4.69) is 9.97 Å². The molecule has 0 aliphatic carbocycles. The van der Waals surface area contributed by atoms with Gasteiger partial charge >= 0.3 is 0 Å². The molecule has 1 aromatic rings. The first kappa shape index (κ1) is 10.4. The van der Waals surface area contributed by atoms with Gasteiger partial charge in [-0.05, 0) is 0 Å². The van der Waals surface area contributed by atoms with Crippen molar-refractivity contribution in [1.29, 1.82) is 0 Å². The monoisotopic (exact) mass is 199 g/mol. The zero-order chi connectivity index (χ0) is 10.7. The Morgan fingerprint density at radius 2 is 1.86 bits per heavy atom. The van der Waals surface area contributed by atoms with E-state index < -0.39 is 18.1 Å². The van der Waals surface area contributed by atoms with Gasteiger partial charge in [0.25, 0.3) is 0 Å². The van der Waals surface area contributed by atoms with Crippen molar-refractivity contribution in [1.82, 2.24) is 9.97 Å². The number of rotatable bonds is 3. The van der Waals surface area contributed by atoms with Crippen molar-refractivity contribution in [3.8, 4) is 5.75 Å². The smallest absolute Gasteiger partial charge is 0.249 e. The van der Waals surface area contributed by atoms with E-state index >= 15 is 0 Å². The van der Waals surface area contributed by atoms with Crippen LogP contribution in [-0.4, -0.2) is 37.3 Å². The topological polar surface area (TPSA) is 130 Å². The summed E-state index contributed by atoms with van der Waals surface area (Å²) in [6.45, 7) is 0. The Balaban J connectivity index is 2.84. The highest BCUT2D eigenvalue weighted by Gasteiger charge is 2.25. The number of carbonyl (C=O) groups is 1. The van der Waals surface area contributed by atoms with E-state index in [1.807, 2.05) is 0 Å². The fourth-order valence-corrected chi connectivity index (χ4v) is 0.781. The average Bonchev–Trinajstić information content (AvgIpc) is 2.16. The quantitative estimate of drug-likeness (QED) is 0.448. The summed E-state index contributed by atoms with van der Waals surface area (Å²) in [7, 11) is 0. The van der Waals surface area contributed by atoms with Crippen LogP contribution in [0.2, 0.25) is 0 Å². The van der Waals surface area contributed by atoms with Gasteiger partial charge in [-0.3, -0.25) is 4.79 Å². The van der Waals surface area contributed by atoms with Crippen LogP contribution >= 0.6 is 0 Å². The number of carbonyl (C=O) groups excluding carboxylic acids is 1. The van der Waals surface area contributed by atoms with Crippen LogP contribution in [0.1, 0.15) is 11.9 Å². The van der Waals surface area contributed by atoms with Crippen molar-refractivity contribution in [2.45, 2.75) is 12.2 Å². The first-order valence-electron chi connectivity index (χ1n) is 3.68. The van der Waals surface area contributed by atoms with Crippen LogP contribution in [0.25, 0.3) is 0 Å². The van der Waals surface area contributed by atoms with Gasteiger partial charge in [0.1, 0.15) is 6.10 Å². The van der Waals surface area contributed by atoms with Crippen molar-refractivity contribution in [3.05, 3.63) is 18.2 Å².